The first-order chi connectivity index (χ1) is 12.2. The molecule has 0 unspecified atom stereocenters. The number of carbonyl (C=O) groups excluding carboxylic acids is 1. The van der Waals surface area contributed by atoms with Crippen LogP contribution in [0.2, 0.25) is 0 Å². The normalized spacial score (nSPS) is 14.4. The lowest BCUT2D eigenvalue weighted by Crippen LogP contribution is -2.46. The Morgan fingerprint density at radius 3 is 2.81 bits per heavy atom. The van der Waals surface area contributed by atoms with Crippen LogP contribution in [0.4, 0.5) is 0 Å². The second-order valence-corrected chi connectivity index (χ2v) is 8.23. The minimum Gasteiger partial charge on any atom is -0.451 e. The molecule has 6 nitrogen and oxygen atoms in total. The number of hydrogen-bond donors (Lipinski definition) is 1. The van der Waals surface area contributed by atoms with Gasteiger partial charge in [0, 0.05) is 42.9 Å². The molecule has 1 fully saturated rings. The van der Waals surface area contributed by atoms with E-state index in [2.05, 4.69) is 15.5 Å². The van der Waals surface area contributed by atoms with Gasteiger partial charge in [-0.3, -0.25) is 4.79 Å². The Labute approximate surface area is 165 Å². The minimum absolute atomic E-state index is 0. The molecule has 0 bridgehead atoms. The fourth-order valence-electron chi connectivity index (χ4n) is 2.90. The van der Waals surface area contributed by atoms with Gasteiger partial charge in [-0.05, 0) is 13.0 Å². The average Bonchev–Trinajstić information content (AvgIpc) is 3.23. The number of aryl methyl sites for hydroxylation is 1. The molecule has 0 aliphatic carbocycles. The maximum atomic E-state index is 13.0. The van der Waals surface area contributed by atoms with Crippen molar-refractivity contribution < 1.29 is 9.21 Å². The van der Waals surface area contributed by atoms with Crippen molar-refractivity contribution in [2.75, 3.05) is 26.2 Å². The van der Waals surface area contributed by atoms with Crippen LogP contribution >= 0.6 is 35.5 Å². The Balaban J connectivity index is 0.00000196. The number of amides is 1. The predicted octanol–water partition coefficient (Wildman–Crippen LogP) is 3.35. The van der Waals surface area contributed by atoms with Crippen molar-refractivity contribution in [1.29, 1.82) is 0 Å². The van der Waals surface area contributed by atoms with Gasteiger partial charge in [-0.2, -0.15) is 0 Å². The quantitative estimate of drug-likeness (QED) is 0.665. The van der Waals surface area contributed by atoms with Crippen molar-refractivity contribution in [3.05, 3.63) is 40.6 Å². The zero-order chi connectivity index (χ0) is 17.2. The number of carbonyl (C=O) groups is 1. The standard InChI is InChI=1S/C17H18N4O2S2.ClH/c1-11-19-20-17(25-11)24-10-13-12-4-2-3-5-14(12)23-15(13)16(22)21-8-6-18-7-9-21;/h2-5,18H,6-10H2,1H3;1H. The number of para-hydroxylation sites is 1. The molecule has 1 amide bonds. The number of benzene rings is 1. The molecule has 2 aromatic heterocycles. The molecular formula is C17H19ClN4O2S2. The summed E-state index contributed by atoms with van der Waals surface area (Å²) in [7, 11) is 0. The van der Waals surface area contributed by atoms with E-state index in [1.54, 1.807) is 23.1 Å². The van der Waals surface area contributed by atoms with Gasteiger partial charge in [0.25, 0.3) is 5.91 Å². The van der Waals surface area contributed by atoms with Gasteiger partial charge in [0.05, 0.1) is 0 Å². The third-order valence-corrected chi connectivity index (χ3v) is 6.14. The highest BCUT2D eigenvalue weighted by Crippen LogP contribution is 2.33. The number of nitrogens with zero attached hydrogens (tertiary/aromatic N) is 3. The van der Waals surface area contributed by atoms with Gasteiger partial charge < -0.3 is 14.6 Å². The highest BCUT2D eigenvalue weighted by molar-refractivity contribution is 8.00. The van der Waals surface area contributed by atoms with Crippen LogP contribution in [0.25, 0.3) is 11.0 Å². The molecule has 9 heteroatoms. The molecular weight excluding hydrogens is 392 g/mol. The van der Waals surface area contributed by atoms with Crippen molar-refractivity contribution >= 4 is 52.4 Å². The van der Waals surface area contributed by atoms with Crippen molar-refractivity contribution in [2.45, 2.75) is 17.0 Å². The maximum Gasteiger partial charge on any atom is 0.290 e. The first-order valence-corrected chi connectivity index (χ1v) is 9.96. The number of thioether (sulfide) groups is 1. The molecule has 138 valence electrons. The number of fused-ring (bicyclic) bond motifs is 1. The fraction of sp³-hybridized carbons (Fsp3) is 0.353. The van der Waals surface area contributed by atoms with Gasteiger partial charge >= 0.3 is 0 Å². The van der Waals surface area contributed by atoms with Crippen LogP contribution in [0.15, 0.2) is 33.0 Å². The van der Waals surface area contributed by atoms with Gasteiger partial charge in [-0.15, -0.1) is 22.6 Å². The Bertz CT molecular complexity index is 905. The molecule has 1 aliphatic rings. The Morgan fingerprint density at radius 2 is 2.08 bits per heavy atom. The van der Waals surface area contributed by atoms with Crippen LogP contribution in [0.1, 0.15) is 21.1 Å². The number of rotatable bonds is 4. The second kappa shape index (κ2) is 8.39. The third-order valence-electron chi connectivity index (χ3n) is 4.14. The van der Waals surface area contributed by atoms with E-state index in [1.807, 2.05) is 36.1 Å². The molecule has 1 N–H and O–H groups in total. The van der Waals surface area contributed by atoms with Crippen LogP contribution in [-0.4, -0.2) is 47.2 Å². The second-order valence-electron chi connectivity index (χ2n) is 5.82. The van der Waals surface area contributed by atoms with E-state index in [0.717, 1.165) is 39.0 Å². The summed E-state index contributed by atoms with van der Waals surface area (Å²) in [5.74, 6) is 1.07. The van der Waals surface area contributed by atoms with Crippen molar-refractivity contribution in [3.63, 3.8) is 0 Å². The van der Waals surface area contributed by atoms with Gasteiger partial charge in [0.15, 0.2) is 10.1 Å². The van der Waals surface area contributed by atoms with E-state index in [1.165, 1.54) is 0 Å². The molecule has 4 rings (SSSR count). The summed E-state index contributed by atoms with van der Waals surface area (Å²) in [5.41, 5.74) is 1.70. The van der Waals surface area contributed by atoms with Crippen LogP contribution < -0.4 is 5.32 Å². The fourth-order valence-corrected chi connectivity index (χ4v) is 4.74. The average molecular weight is 411 g/mol. The molecule has 0 radical (unpaired) electrons. The van der Waals surface area contributed by atoms with Gasteiger partial charge in [0.1, 0.15) is 10.6 Å². The first kappa shape index (κ1) is 19.2. The molecule has 0 atom stereocenters. The lowest BCUT2D eigenvalue weighted by Gasteiger charge is -2.26. The zero-order valence-electron chi connectivity index (χ0n) is 14.2. The Kier molecular flexibility index (Phi) is 6.18. The van der Waals surface area contributed by atoms with Crippen LogP contribution in [-0.2, 0) is 5.75 Å². The Hall–Kier alpha value is -1.61. The third kappa shape index (κ3) is 3.88. The van der Waals surface area contributed by atoms with E-state index in [-0.39, 0.29) is 18.3 Å². The summed E-state index contributed by atoms with van der Waals surface area (Å²) in [5, 5.41) is 13.4. The molecule has 3 heterocycles. The van der Waals surface area contributed by atoms with Crippen LogP contribution in [0, 0.1) is 6.92 Å². The van der Waals surface area contributed by atoms with E-state index in [4.69, 9.17) is 4.42 Å². The largest absolute Gasteiger partial charge is 0.451 e. The molecule has 3 aromatic rings. The van der Waals surface area contributed by atoms with Gasteiger partial charge in [-0.25, -0.2) is 0 Å². The summed E-state index contributed by atoms with van der Waals surface area (Å²) in [4.78, 5) is 14.8. The topological polar surface area (TPSA) is 71.3 Å². The highest BCUT2D eigenvalue weighted by Gasteiger charge is 2.26. The van der Waals surface area contributed by atoms with Crippen molar-refractivity contribution in [3.8, 4) is 0 Å². The molecule has 1 aliphatic heterocycles. The number of furan rings is 1. The molecule has 26 heavy (non-hydrogen) atoms. The van der Waals surface area contributed by atoms with Gasteiger partial charge in [-0.1, -0.05) is 41.3 Å². The highest BCUT2D eigenvalue weighted by atomic mass is 35.5. The van der Waals surface area contributed by atoms with Crippen LogP contribution in [0.5, 0.6) is 0 Å². The van der Waals surface area contributed by atoms with E-state index >= 15 is 0 Å². The van der Waals surface area contributed by atoms with Crippen molar-refractivity contribution in [2.24, 2.45) is 0 Å². The summed E-state index contributed by atoms with van der Waals surface area (Å²) in [6.07, 6.45) is 0. The summed E-state index contributed by atoms with van der Waals surface area (Å²) in [6, 6.07) is 7.82. The van der Waals surface area contributed by atoms with E-state index < -0.39 is 0 Å². The minimum atomic E-state index is -0.0262. The van der Waals surface area contributed by atoms with Crippen LogP contribution in [0.3, 0.4) is 0 Å². The maximum absolute atomic E-state index is 13.0. The number of piperazine rings is 1. The molecule has 1 saturated heterocycles. The first-order valence-electron chi connectivity index (χ1n) is 8.15. The number of aromatic nitrogens is 2. The van der Waals surface area contributed by atoms with E-state index in [0.29, 0.717) is 24.6 Å². The summed E-state index contributed by atoms with van der Waals surface area (Å²) >= 11 is 3.16. The van der Waals surface area contributed by atoms with Gasteiger partial charge in [0.2, 0.25) is 0 Å². The molecule has 1 aromatic carbocycles. The molecule has 0 spiro atoms. The summed E-state index contributed by atoms with van der Waals surface area (Å²) < 4.78 is 6.86. The number of hydrogen-bond acceptors (Lipinski definition) is 7. The lowest BCUT2D eigenvalue weighted by molar-refractivity contribution is 0.0705. The predicted molar refractivity (Wildman–Crippen MR) is 106 cm³/mol. The smallest absolute Gasteiger partial charge is 0.290 e. The SMILES string of the molecule is Cc1nnc(SCc2c(C(=O)N3CCNCC3)oc3ccccc23)s1.Cl. The van der Waals surface area contributed by atoms with Crippen molar-refractivity contribution in [1.82, 2.24) is 20.4 Å². The lowest BCUT2D eigenvalue weighted by atomic mass is 10.1. The van der Waals surface area contributed by atoms with E-state index in [9.17, 15) is 4.79 Å². The number of halogens is 1. The molecule has 0 saturated carbocycles. The summed E-state index contributed by atoms with van der Waals surface area (Å²) in [6.45, 7) is 4.99. The Morgan fingerprint density at radius 1 is 1.31 bits per heavy atom. The monoisotopic (exact) mass is 410 g/mol. The number of nitrogens with one attached hydrogen (secondary N) is 1. The zero-order valence-corrected chi connectivity index (χ0v) is 16.7.